The number of amides is 1. The predicted octanol–water partition coefficient (Wildman–Crippen LogP) is 2.54. The third-order valence-electron chi connectivity index (χ3n) is 2.37. The minimum atomic E-state index is -4.50. The number of carbonyl (C=O) groups excluding carboxylic acids is 1. The van der Waals surface area contributed by atoms with Gasteiger partial charge in [0.15, 0.2) is 0 Å². The number of rotatable bonds is 3. The van der Waals surface area contributed by atoms with E-state index in [2.05, 4.69) is 10.4 Å². The number of alkyl halides is 3. The fourth-order valence-corrected chi connectivity index (χ4v) is 1.57. The molecule has 1 amide bonds. The number of carbonyl (C=O) groups is 1. The van der Waals surface area contributed by atoms with E-state index in [1.165, 1.54) is 29.1 Å². The minimum Gasteiger partial charge on any atom is -0.324 e. The monoisotopic (exact) mass is 269 g/mol. The lowest BCUT2D eigenvalue weighted by molar-refractivity contribution is -0.137. The fourth-order valence-electron chi connectivity index (χ4n) is 1.57. The lowest BCUT2D eigenvalue weighted by Crippen LogP contribution is -2.21. The highest BCUT2D eigenvalue weighted by atomic mass is 19.4. The average Bonchev–Trinajstić information content (AvgIpc) is 2.81. The van der Waals surface area contributed by atoms with Crippen molar-refractivity contribution in [2.45, 2.75) is 12.7 Å². The third kappa shape index (κ3) is 3.34. The number of nitrogens with one attached hydrogen (secondary N) is 1. The van der Waals surface area contributed by atoms with Crippen LogP contribution in [-0.4, -0.2) is 15.7 Å². The Hall–Kier alpha value is -2.31. The second-order valence-corrected chi connectivity index (χ2v) is 3.80. The van der Waals surface area contributed by atoms with Gasteiger partial charge in [-0.3, -0.25) is 9.48 Å². The highest BCUT2D eigenvalue weighted by molar-refractivity contribution is 5.91. The summed E-state index contributed by atoms with van der Waals surface area (Å²) in [4.78, 5) is 11.6. The zero-order valence-electron chi connectivity index (χ0n) is 9.69. The normalized spacial score (nSPS) is 11.3. The van der Waals surface area contributed by atoms with Gasteiger partial charge in [-0.15, -0.1) is 0 Å². The number of hydrogen-bond acceptors (Lipinski definition) is 2. The summed E-state index contributed by atoms with van der Waals surface area (Å²) in [6, 6.07) is 6.45. The van der Waals surface area contributed by atoms with E-state index in [-0.39, 0.29) is 12.2 Å². The van der Waals surface area contributed by atoms with Crippen molar-refractivity contribution in [2.24, 2.45) is 0 Å². The Bertz CT molecular complexity index is 564. The molecular formula is C12H10F3N3O. The highest BCUT2D eigenvalue weighted by Gasteiger charge is 2.33. The van der Waals surface area contributed by atoms with Crippen LogP contribution in [-0.2, 0) is 17.5 Å². The van der Waals surface area contributed by atoms with E-state index in [0.29, 0.717) is 0 Å². The van der Waals surface area contributed by atoms with Gasteiger partial charge < -0.3 is 5.32 Å². The summed E-state index contributed by atoms with van der Waals surface area (Å²) < 4.78 is 39.4. The number of para-hydroxylation sites is 1. The van der Waals surface area contributed by atoms with Crippen LogP contribution in [0.15, 0.2) is 42.7 Å². The maximum absolute atomic E-state index is 12.7. The Morgan fingerprint density at radius 2 is 2.00 bits per heavy atom. The highest BCUT2D eigenvalue weighted by Crippen LogP contribution is 2.34. The average molecular weight is 269 g/mol. The standard InChI is InChI=1S/C12H10F3N3O/c13-12(14,15)9-4-1-2-5-10(9)17-11(19)8-18-7-3-6-16-18/h1-7H,8H2,(H,17,19). The van der Waals surface area contributed by atoms with Crippen molar-refractivity contribution in [1.82, 2.24) is 9.78 Å². The molecule has 0 aliphatic rings. The van der Waals surface area contributed by atoms with Crippen molar-refractivity contribution < 1.29 is 18.0 Å². The van der Waals surface area contributed by atoms with Gasteiger partial charge >= 0.3 is 6.18 Å². The molecule has 0 spiro atoms. The van der Waals surface area contributed by atoms with Crippen LogP contribution in [0.4, 0.5) is 18.9 Å². The number of halogens is 3. The van der Waals surface area contributed by atoms with Gasteiger partial charge in [0.05, 0.1) is 11.3 Å². The molecule has 2 rings (SSSR count). The summed E-state index contributed by atoms with van der Waals surface area (Å²) in [5, 5.41) is 6.04. The Morgan fingerprint density at radius 1 is 1.26 bits per heavy atom. The first-order valence-corrected chi connectivity index (χ1v) is 5.40. The smallest absolute Gasteiger partial charge is 0.324 e. The largest absolute Gasteiger partial charge is 0.418 e. The van der Waals surface area contributed by atoms with Crippen molar-refractivity contribution in [1.29, 1.82) is 0 Å². The zero-order valence-corrected chi connectivity index (χ0v) is 9.69. The molecule has 0 aliphatic heterocycles. The topological polar surface area (TPSA) is 46.9 Å². The van der Waals surface area contributed by atoms with Gasteiger partial charge in [0.25, 0.3) is 0 Å². The van der Waals surface area contributed by atoms with E-state index in [0.717, 1.165) is 6.07 Å². The van der Waals surface area contributed by atoms with E-state index >= 15 is 0 Å². The molecule has 1 N–H and O–H groups in total. The van der Waals surface area contributed by atoms with Crippen molar-refractivity contribution >= 4 is 11.6 Å². The molecule has 4 nitrogen and oxygen atoms in total. The SMILES string of the molecule is O=C(Cn1cccn1)Nc1ccccc1C(F)(F)F. The maximum atomic E-state index is 12.7. The van der Waals surface area contributed by atoms with Crippen LogP contribution in [0.2, 0.25) is 0 Å². The molecule has 0 saturated heterocycles. The zero-order chi connectivity index (χ0) is 13.9. The first-order chi connectivity index (χ1) is 8.97. The molecule has 7 heteroatoms. The molecule has 19 heavy (non-hydrogen) atoms. The van der Waals surface area contributed by atoms with E-state index in [4.69, 9.17) is 0 Å². The van der Waals surface area contributed by atoms with Crippen molar-refractivity contribution in [3.63, 3.8) is 0 Å². The molecule has 100 valence electrons. The van der Waals surface area contributed by atoms with Gasteiger partial charge in [-0.05, 0) is 18.2 Å². The van der Waals surface area contributed by atoms with E-state index in [1.807, 2.05) is 0 Å². The van der Waals surface area contributed by atoms with Gasteiger partial charge in [0, 0.05) is 12.4 Å². The summed E-state index contributed by atoms with van der Waals surface area (Å²) in [5.41, 5.74) is -1.13. The second kappa shape index (κ2) is 5.13. The lowest BCUT2D eigenvalue weighted by Gasteiger charge is -2.13. The van der Waals surface area contributed by atoms with Crippen molar-refractivity contribution in [3.05, 3.63) is 48.3 Å². The van der Waals surface area contributed by atoms with Gasteiger partial charge in [0.2, 0.25) is 5.91 Å². The van der Waals surface area contributed by atoms with Crippen LogP contribution in [0.25, 0.3) is 0 Å². The Labute approximate surface area is 106 Å². The molecule has 1 aromatic heterocycles. The van der Waals surface area contributed by atoms with Crippen LogP contribution >= 0.6 is 0 Å². The summed E-state index contributed by atoms with van der Waals surface area (Å²) in [7, 11) is 0. The van der Waals surface area contributed by atoms with Crippen LogP contribution in [0.1, 0.15) is 5.56 Å². The van der Waals surface area contributed by atoms with Crippen LogP contribution in [0.3, 0.4) is 0 Å². The first-order valence-electron chi connectivity index (χ1n) is 5.40. The number of anilines is 1. The van der Waals surface area contributed by atoms with E-state index in [1.54, 1.807) is 12.3 Å². The molecule has 0 atom stereocenters. The molecule has 1 aromatic carbocycles. The Balaban J connectivity index is 2.13. The van der Waals surface area contributed by atoms with E-state index in [9.17, 15) is 18.0 Å². The molecule has 2 aromatic rings. The quantitative estimate of drug-likeness (QED) is 0.930. The van der Waals surface area contributed by atoms with Gasteiger partial charge in [-0.25, -0.2) is 0 Å². The molecule has 0 radical (unpaired) electrons. The molecule has 0 bridgehead atoms. The Kier molecular flexibility index (Phi) is 3.55. The molecule has 0 unspecified atom stereocenters. The van der Waals surface area contributed by atoms with Crippen molar-refractivity contribution in [2.75, 3.05) is 5.32 Å². The molecule has 1 heterocycles. The number of hydrogen-bond donors (Lipinski definition) is 1. The molecule has 0 saturated carbocycles. The van der Waals surface area contributed by atoms with Gasteiger partial charge in [-0.2, -0.15) is 18.3 Å². The summed E-state index contributed by atoms with van der Waals surface area (Å²) in [6.07, 6.45) is -1.47. The minimum absolute atomic E-state index is 0.140. The van der Waals surface area contributed by atoms with E-state index < -0.39 is 17.6 Å². The number of benzene rings is 1. The number of nitrogens with zero attached hydrogens (tertiary/aromatic N) is 2. The third-order valence-corrected chi connectivity index (χ3v) is 2.37. The van der Waals surface area contributed by atoms with Crippen LogP contribution in [0, 0.1) is 0 Å². The summed E-state index contributed by atoms with van der Waals surface area (Å²) in [5.74, 6) is -0.569. The second-order valence-electron chi connectivity index (χ2n) is 3.80. The predicted molar refractivity (Wildman–Crippen MR) is 62.3 cm³/mol. The number of aromatic nitrogens is 2. The Morgan fingerprint density at radius 3 is 2.63 bits per heavy atom. The summed E-state index contributed by atoms with van der Waals surface area (Å²) in [6.45, 7) is -0.140. The molecule has 0 aliphatic carbocycles. The van der Waals surface area contributed by atoms with Crippen LogP contribution < -0.4 is 5.32 Å². The fraction of sp³-hybridized carbons (Fsp3) is 0.167. The first kappa shape index (κ1) is 13.1. The van der Waals surface area contributed by atoms with Gasteiger partial charge in [0.1, 0.15) is 6.54 Å². The van der Waals surface area contributed by atoms with Crippen molar-refractivity contribution in [3.8, 4) is 0 Å². The summed E-state index contributed by atoms with van der Waals surface area (Å²) >= 11 is 0. The lowest BCUT2D eigenvalue weighted by atomic mass is 10.1. The molecule has 0 fully saturated rings. The maximum Gasteiger partial charge on any atom is 0.418 e. The van der Waals surface area contributed by atoms with Gasteiger partial charge in [-0.1, -0.05) is 12.1 Å². The molecular weight excluding hydrogens is 259 g/mol. The van der Waals surface area contributed by atoms with Crippen LogP contribution in [0.5, 0.6) is 0 Å².